The van der Waals surface area contributed by atoms with Gasteiger partial charge >= 0.3 is 0 Å². The Morgan fingerprint density at radius 3 is 2.24 bits per heavy atom. The first kappa shape index (κ1) is 19.8. The molecular weight excluding hydrogens is 423 g/mol. The lowest BCUT2D eigenvalue weighted by Gasteiger charge is -2.07. The highest BCUT2D eigenvalue weighted by Crippen LogP contribution is 2.34. The standard InChI is InChI=1S/C23H16Cl2N2OS/c1-27-22(28)21(29-23(27)26-20-11-9-19(25)10-12-20)14-15-3-2-4-17(13-15)16-5-7-18(24)8-6-16/h2-14H,1H3/b21-14-,26-23+. The molecular formula is C23H16Cl2N2OS. The topological polar surface area (TPSA) is 32.7 Å². The number of nitrogens with zero attached hydrogens (tertiary/aromatic N) is 2. The molecule has 0 atom stereocenters. The predicted molar refractivity (Wildman–Crippen MR) is 124 cm³/mol. The van der Waals surface area contributed by atoms with Gasteiger partial charge in [0.05, 0.1) is 10.6 Å². The van der Waals surface area contributed by atoms with E-state index in [9.17, 15) is 4.79 Å². The molecule has 1 fully saturated rings. The molecule has 0 spiro atoms. The number of halogens is 2. The Kier molecular flexibility index (Phi) is 5.76. The van der Waals surface area contributed by atoms with Gasteiger partial charge in [-0.05, 0) is 77.0 Å². The van der Waals surface area contributed by atoms with Crippen LogP contribution in [0.3, 0.4) is 0 Å². The van der Waals surface area contributed by atoms with Gasteiger partial charge in [0.15, 0.2) is 5.17 Å². The number of hydrogen-bond donors (Lipinski definition) is 0. The number of likely N-dealkylation sites (N-methyl/N-ethyl adjacent to an activating group) is 1. The third-order valence-electron chi connectivity index (χ3n) is 4.42. The summed E-state index contributed by atoms with van der Waals surface area (Å²) in [6.45, 7) is 0. The van der Waals surface area contributed by atoms with Gasteiger partial charge in [0, 0.05) is 17.1 Å². The van der Waals surface area contributed by atoms with Crippen molar-refractivity contribution in [3.8, 4) is 11.1 Å². The zero-order chi connectivity index (χ0) is 20.4. The molecule has 1 aliphatic heterocycles. The lowest BCUT2D eigenvalue weighted by atomic mass is 10.0. The van der Waals surface area contributed by atoms with Gasteiger partial charge in [-0.1, -0.05) is 53.5 Å². The summed E-state index contributed by atoms with van der Waals surface area (Å²) in [5.41, 5.74) is 3.84. The van der Waals surface area contributed by atoms with Crippen molar-refractivity contribution >= 4 is 57.8 Å². The number of aliphatic imine (C=N–C) groups is 1. The molecule has 29 heavy (non-hydrogen) atoms. The second kappa shape index (κ2) is 8.46. The van der Waals surface area contributed by atoms with Crippen LogP contribution >= 0.6 is 35.0 Å². The Hall–Kier alpha value is -2.53. The zero-order valence-electron chi connectivity index (χ0n) is 15.5. The van der Waals surface area contributed by atoms with Gasteiger partial charge in [0.1, 0.15) is 0 Å². The molecule has 1 saturated heterocycles. The highest BCUT2D eigenvalue weighted by molar-refractivity contribution is 8.18. The first-order valence-corrected chi connectivity index (χ1v) is 10.4. The number of carbonyl (C=O) groups excluding carboxylic acids is 1. The fourth-order valence-corrected chi connectivity index (χ4v) is 4.12. The van der Waals surface area contributed by atoms with Crippen molar-refractivity contribution in [1.29, 1.82) is 0 Å². The second-order valence-electron chi connectivity index (χ2n) is 6.48. The van der Waals surface area contributed by atoms with Crippen LogP contribution in [0.5, 0.6) is 0 Å². The minimum Gasteiger partial charge on any atom is -0.290 e. The van der Waals surface area contributed by atoms with Crippen LogP contribution in [-0.2, 0) is 4.79 Å². The van der Waals surface area contributed by atoms with Gasteiger partial charge in [-0.15, -0.1) is 0 Å². The Morgan fingerprint density at radius 1 is 0.897 bits per heavy atom. The smallest absolute Gasteiger partial charge is 0.266 e. The largest absolute Gasteiger partial charge is 0.290 e. The summed E-state index contributed by atoms with van der Waals surface area (Å²) < 4.78 is 0. The van der Waals surface area contributed by atoms with E-state index in [2.05, 4.69) is 11.1 Å². The molecule has 0 aromatic heterocycles. The van der Waals surface area contributed by atoms with Gasteiger partial charge in [0.2, 0.25) is 0 Å². The van der Waals surface area contributed by atoms with E-state index >= 15 is 0 Å². The van der Waals surface area contributed by atoms with E-state index in [0.29, 0.717) is 20.1 Å². The van der Waals surface area contributed by atoms with Gasteiger partial charge in [0.25, 0.3) is 5.91 Å². The monoisotopic (exact) mass is 438 g/mol. The minimum absolute atomic E-state index is 0.0698. The Balaban J connectivity index is 1.61. The molecule has 0 bridgehead atoms. The van der Waals surface area contributed by atoms with Crippen molar-refractivity contribution in [3.05, 3.63) is 93.3 Å². The number of rotatable bonds is 3. The van der Waals surface area contributed by atoms with Crippen LogP contribution in [0.2, 0.25) is 10.0 Å². The molecule has 0 aliphatic carbocycles. The highest BCUT2D eigenvalue weighted by atomic mass is 35.5. The normalized spacial score (nSPS) is 16.8. The number of benzene rings is 3. The van der Waals surface area contributed by atoms with Crippen molar-refractivity contribution in [2.75, 3.05) is 7.05 Å². The fraction of sp³-hybridized carbons (Fsp3) is 0.0435. The third-order valence-corrected chi connectivity index (χ3v) is 5.98. The quantitative estimate of drug-likeness (QED) is 0.416. The Labute approximate surface area is 183 Å². The number of amidine groups is 1. The van der Waals surface area contributed by atoms with Gasteiger partial charge < -0.3 is 0 Å². The molecule has 3 nitrogen and oxygen atoms in total. The molecule has 6 heteroatoms. The first-order chi connectivity index (χ1) is 14.0. The molecule has 3 aromatic carbocycles. The summed E-state index contributed by atoms with van der Waals surface area (Å²) >= 11 is 13.3. The predicted octanol–water partition coefficient (Wildman–Crippen LogP) is 6.89. The van der Waals surface area contributed by atoms with E-state index in [4.69, 9.17) is 23.2 Å². The minimum atomic E-state index is -0.0698. The molecule has 1 amide bonds. The average molecular weight is 439 g/mol. The lowest BCUT2D eigenvalue weighted by Crippen LogP contribution is -2.23. The summed E-state index contributed by atoms with van der Waals surface area (Å²) in [5, 5.41) is 1.99. The van der Waals surface area contributed by atoms with Crippen molar-refractivity contribution < 1.29 is 4.79 Å². The number of amides is 1. The van der Waals surface area contributed by atoms with E-state index in [1.807, 2.05) is 60.7 Å². The van der Waals surface area contributed by atoms with Crippen molar-refractivity contribution in [1.82, 2.24) is 4.90 Å². The first-order valence-electron chi connectivity index (χ1n) is 8.87. The maximum atomic E-state index is 12.7. The molecule has 144 valence electrons. The fourth-order valence-electron chi connectivity index (χ4n) is 2.88. The average Bonchev–Trinajstić information content (AvgIpc) is 2.98. The van der Waals surface area contributed by atoms with Crippen LogP contribution in [0.15, 0.2) is 82.7 Å². The van der Waals surface area contributed by atoms with Gasteiger partial charge in [-0.2, -0.15) is 0 Å². The van der Waals surface area contributed by atoms with Crippen molar-refractivity contribution in [2.45, 2.75) is 0 Å². The summed E-state index contributed by atoms with van der Waals surface area (Å²) in [6, 6.07) is 23.0. The van der Waals surface area contributed by atoms with Crippen LogP contribution < -0.4 is 0 Å². The van der Waals surface area contributed by atoms with Crippen LogP contribution in [0.1, 0.15) is 5.56 Å². The molecule has 3 aromatic rings. The number of thioether (sulfide) groups is 1. The number of hydrogen-bond acceptors (Lipinski definition) is 3. The molecule has 1 heterocycles. The second-order valence-corrected chi connectivity index (χ2v) is 8.36. The van der Waals surface area contributed by atoms with Crippen LogP contribution in [0, 0.1) is 0 Å². The summed E-state index contributed by atoms with van der Waals surface area (Å²) in [6.07, 6.45) is 1.90. The molecule has 1 aliphatic rings. The molecule has 0 unspecified atom stereocenters. The SMILES string of the molecule is CN1C(=O)/C(=C/c2cccc(-c3ccc(Cl)cc3)c2)S/C1=N/c1ccc(Cl)cc1. The van der Waals surface area contributed by atoms with Crippen molar-refractivity contribution in [2.24, 2.45) is 4.99 Å². The zero-order valence-corrected chi connectivity index (χ0v) is 17.8. The molecule has 0 saturated carbocycles. The van der Waals surface area contributed by atoms with Crippen LogP contribution in [0.4, 0.5) is 5.69 Å². The van der Waals surface area contributed by atoms with E-state index in [1.54, 1.807) is 24.1 Å². The Bertz CT molecular complexity index is 1120. The van der Waals surface area contributed by atoms with Crippen LogP contribution in [0.25, 0.3) is 17.2 Å². The third kappa shape index (κ3) is 4.56. The van der Waals surface area contributed by atoms with E-state index in [1.165, 1.54) is 11.8 Å². The van der Waals surface area contributed by atoms with E-state index in [0.717, 1.165) is 22.4 Å². The lowest BCUT2D eigenvalue weighted by molar-refractivity contribution is -0.121. The van der Waals surface area contributed by atoms with E-state index < -0.39 is 0 Å². The summed E-state index contributed by atoms with van der Waals surface area (Å²) in [5.74, 6) is -0.0698. The maximum absolute atomic E-state index is 12.7. The summed E-state index contributed by atoms with van der Waals surface area (Å²) in [7, 11) is 1.73. The highest BCUT2D eigenvalue weighted by Gasteiger charge is 2.30. The molecule has 0 radical (unpaired) electrons. The maximum Gasteiger partial charge on any atom is 0.266 e. The van der Waals surface area contributed by atoms with Gasteiger partial charge in [-0.25, -0.2) is 4.99 Å². The van der Waals surface area contributed by atoms with E-state index in [-0.39, 0.29) is 5.91 Å². The Morgan fingerprint density at radius 2 is 1.55 bits per heavy atom. The number of carbonyl (C=O) groups is 1. The van der Waals surface area contributed by atoms with Gasteiger partial charge in [-0.3, -0.25) is 9.69 Å². The molecule has 0 N–H and O–H groups in total. The summed E-state index contributed by atoms with van der Waals surface area (Å²) in [4.78, 5) is 19.4. The van der Waals surface area contributed by atoms with Crippen LogP contribution in [-0.4, -0.2) is 23.0 Å². The molecule has 4 rings (SSSR count). The van der Waals surface area contributed by atoms with Crippen molar-refractivity contribution in [3.63, 3.8) is 0 Å².